The molecule has 0 radical (unpaired) electrons. The fourth-order valence-corrected chi connectivity index (χ4v) is 2.67. The smallest absolute Gasteiger partial charge is 0.210 e. The Kier molecular flexibility index (Phi) is 3.26. The fraction of sp³-hybridized carbons (Fsp3) is 0.455. The van der Waals surface area contributed by atoms with E-state index in [4.69, 9.17) is 10.9 Å². The summed E-state index contributed by atoms with van der Waals surface area (Å²) in [6.07, 6.45) is 1.94. The van der Waals surface area contributed by atoms with Gasteiger partial charge in [-0.25, -0.2) is 13.6 Å². The maximum atomic E-state index is 11.0. The van der Waals surface area contributed by atoms with Gasteiger partial charge < -0.3 is 10.6 Å². The molecule has 17 heavy (non-hydrogen) atoms. The summed E-state index contributed by atoms with van der Waals surface area (Å²) in [7, 11) is -3.41. The van der Waals surface area contributed by atoms with Crippen molar-refractivity contribution in [3.63, 3.8) is 0 Å². The Morgan fingerprint density at radius 1 is 1.35 bits per heavy atom. The Morgan fingerprint density at radius 3 is 2.82 bits per heavy atom. The van der Waals surface area contributed by atoms with Crippen LogP contribution in [-0.2, 0) is 16.4 Å². The number of nitrogen functional groups attached to an aromatic ring is 1. The first kappa shape index (κ1) is 12.2. The van der Waals surface area contributed by atoms with Gasteiger partial charge in [-0.05, 0) is 30.5 Å². The van der Waals surface area contributed by atoms with E-state index in [9.17, 15) is 8.42 Å². The Hall–Kier alpha value is -1.27. The predicted molar refractivity (Wildman–Crippen MR) is 69.4 cm³/mol. The lowest BCUT2D eigenvalue weighted by Crippen LogP contribution is -2.35. The first-order chi connectivity index (χ1) is 7.97. The summed E-state index contributed by atoms with van der Waals surface area (Å²) >= 11 is 0. The minimum absolute atomic E-state index is 0.0265. The van der Waals surface area contributed by atoms with Gasteiger partial charge in [-0.3, -0.25) is 0 Å². The highest BCUT2D eigenvalue weighted by Crippen LogP contribution is 2.30. The molecule has 0 atom stereocenters. The lowest BCUT2D eigenvalue weighted by atomic mass is 10.00. The maximum Gasteiger partial charge on any atom is 0.210 e. The average molecular weight is 255 g/mol. The first-order valence-electron chi connectivity index (χ1n) is 5.60. The number of hydrogen-bond donors (Lipinski definition) is 2. The van der Waals surface area contributed by atoms with Gasteiger partial charge in [0.25, 0.3) is 0 Å². The van der Waals surface area contributed by atoms with Gasteiger partial charge in [-0.2, -0.15) is 0 Å². The van der Waals surface area contributed by atoms with Crippen LogP contribution in [0.5, 0.6) is 0 Å². The van der Waals surface area contributed by atoms with Crippen LogP contribution in [0.3, 0.4) is 0 Å². The average Bonchev–Trinajstić information content (AvgIpc) is 2.26. The van der Waals surface area contributed by atoms with Gasteiger partial charge >= 0.3 is 0 Å². The van der Waals surface area contributed by atoms with Crippen LogP contribution in [0.2, 0.25) is 0 Å². The molecule has 0 fully saturated rings. The molecule has 0 unspecified atom stereocenters. The molecule has 1 aliphatic rings. The molecule has 0 bridgehead atoms. The first-order valence-corrected chi connectivity index (χ1v) is 7.32. The van der Waals surface area contributed by atoms with E-state index >= 15 is 0 Å². The summed E-state index contributed by atoms with van der Waals surface area (Å²) in [5, 5.41) is 5.02. The summed E-state index contributed by atoms with van der Waals surface area (Å²) in [6, 6.07) is 5.75. The van der Waals surface area contributed by atoms with Gasteiger partial charge in [-0.1, -0.05) is 6.07 Å². The van der Waals surface area contributed by atoms with Crippen molar-refractivity contribution < 1.29 is 8.42 Å². The number of anilines is 2. The van der Waals surface area contributed by atoms with Crippen molar-refractivity contribution in [2.45, 2.75) is 12.8 Å². The molecule has 94 valence electrons. The highest BCUT2D eigenvalue weighted by Gasteiger charge is 2.19. The molecule has 0 saturated carbocycles. The molecule has 1 heterocycles. The third kappa shape index (κ3) is 2.89. The summed E-state index contributed by atoms with van der Waals surface area (Å²) in [5.74, 6) is -0.0265. The summed E-state index contributed by atoms with van der Waals surface area (Å²) in [6.45, 7) is 1.28. The summed E-state index contributed by atoms with van der Waals surface area (Å²) in [5.41, 5.74) is 8.86. The van der Waals surface area contributed by atoms with Crippen LogP contribution in [-0.4, -0.2) is 27.3 Å². The number of fused-ring (bicyclic) bond motifs is 1. The van der Waals surface area contributed by atoms with Crippen molar-refractivity contribution in [1.82, 2.24) is 0 Å². The molecule has 0 aliphatic carbocycles. The highest BCUT2D eigenvalue weighted by atomic mass is 32.2. The Balaban J connectivity index is 2.20. The lowest BCUT2D eigenvalue weighted by Gasteiger charge is -2.31. The van der Waals surface area contributed by atoms with Crippen molar-refractivity contribution in [1.29, 1.82) is 0 Å². The molecule has 0 saturated heterocycles. The fourth-order valence-electron chi connectivity index (χ4n) is 2.20. The third-order valence-electron chi connectivity index (χ3n) is 3.03. The second-order valence-corrected chi connectivity index (χ2v) is 6.04. The number of rotatable bonds is 3. The maximum absolute atomic E-state index is 11.0. The van der Waals surface area contributed by atoms with Gasteiger partial charge in [0, 0.05) is 24.5 Å². The van der Waals surface area contributed by atoms with Crippen molar-refractivity contribution in [3.8, 4) is 0 Å². The molecule has 2 rings (SSSR count). The normalized spacial score (nSPS) is 15.7. The van der Waals surface area contributed by atoms with E-state index in [2.05, 4.69) is 0 Å². The molecule has 1 aromatic rings. The molecule has 0 amide bonds. The number of primary sulfonamides is 1. The van der Waals surface area contributed by atoms with Crippen LogP contribution in [0.25, 0.3) is 0 Å². The quantitative estimate of drug-likeness (QED) is 0.761. The van der Waals surface area contributed by atoms with E-state index in [0.717, 1.165) is 36.3 Å². The number of nitrogens with two attached hydrogens (primary N) is 2. The van der Waals surface area contributed by atoms with E-state index in [1.807, 2.05) is 23.1 Å². The van der Waals surface area contributed by atoms with Crippen molar-refractivity contribution >= 4 is 21.4 Å². The van der Waals surface area contributed by atoms with E-state index in [-0.39, 0.29) is 5.75 Å². The zero-order valence-corrected chi connectivity index (χ0v) is 10.4. The van der Waals surface area contributed by atoms with E-state index in [1.165, 1.54) is 0 Å². The lowest BCUT2D eigenvalue weighted by molar-refractivity contribution is 0.594. The van der Waals surface area contributed by atoms with Crippen LogP contribution in [0, 0.1) is 0 Å². The Morgan fingerprint density at radius 2 is 2.12 bits per heavy atom. The van der Waals surface area contributed by atoms with Gasteiger partial charge in [-0.15, -0.1) is 0 Å². The van der Waals surface area contributed by atoms with Gasteiger partial charge in [0.2, 0.25) is 10.0 Å². The molecule has 0 spiro atoms. The van der Waals surface area contributed by atoms with E-state index < -0.39 is 10.0 Å². The molecular weight excluding hydrogens is 238 g/mol. The van der Waals surface area contributed by atoms with Crippen molar-refractivity contribution in [2.75, 3.05) is 29.5 Å². The van der Waals surface area contributed by atoms with Crippen LogP contribution in [0.4, 0.5) is 11.4 Å². The monoisotopic (exact) mass is 255 g/mol. The summed E-state index contributed by atoms with van der Waals surface area (Å²) < 4.78 is 22.0. The van der Waals surface area contributed by atoms with Gasteiger partial charge in [0.05, 0.1) is 5.75 Å². The molecule has 4 N–H and O–H groups in total. The molecular formula is C11H17N3O2S. The zero-order chi connectivity index (χ0) is 12.5. The number of sulfonamides is 1. The van der Waals surface area contributed by atoms with E-state index in [1.54, 1.807) is 0 Å². The van der Waals surface area contributed by atoms with Gasteiger partial charge in [0.15, 0.2) is 0 Å². The molecule has 1 aliphatic heterocycles. The molecule has 1 aromatic carbocycles. The third-order valence-corrected chi connectivity index (χ3v) is 3.78. The van der Waals surface area contributed by atoms with Crippen molar-refractivity contribution in [3.05, 3.63) is 23.8 Å². The molecule has 5 nitrogen and oxygen atoms in total. The van der Waals surface area contributed by atoms with Crippen LogP contribution in [0.15, 0.2) is 18.2 Å². The van der Waals surface area contributed by atoms with Crippen molar-refractivity contribution in [2.24, 2.45) is 5.14 Å². The Bertz CT molecular complexity index is 513. The summed E-state index contributed by atoms with van der Waals surface area (Å²) in [4.78, 5) is 2.04. The minimum atomic E-state index is -3.41. The van der Waals surface area contributed by atoms with Crippen LogP contribution in [0.1, 0.15) is 12.0 Å². The van der Waals surface area contributed by atoms with Crippen LogP contribution >= 0.6 is 0 Å². The second kappa shape index (κ2) is 4.54. The zero-order valence-electron chi connectivity index (χ0n) is 9.59. The predicted octanol–water partition coefficient (Wildman–Crippen LogP) is 0.310. The molecule has 6 heteroatoms. The largest absolute Gasteiger partial charge is 0.398 e. The minimum Gasteiger partial charge on any atom is -0.398 e. The number of benzene rings is 1. The topological polar surface area (TPSA) is 89.4 Å². The number of hydrogen-bond acceptors (Lipinski definition) is 4. The van der Waals surface area contributed by atoms with Crippen LogP contribution < -0.4 is 15.8 Å². The molecule has 0 aromatic heterocycles. The second-order valence-electron chi connectivity index (χ2n) is 4.30. The van der Waals surface area contributed by atoms with E-state index in [0.29, 0.717) is 6.54 Å². The highest BCUT2D eigenvalue weighted by molar-refractivity contribution is 7.89. The number of nitrogens with zero attached hydrogens (tertiary/aromatic N) is 1. The SMILES string of the molecule is Nc1cccc2c1CCCN2CCS(N)(=O)=O. The standard InChI is InChI=1S/C11H17N3O2S/c12-10-4-1-5-11-9(10)3-2-6-14(11)7-8-17(13,15)16/h1,4-5H,2-3,6-8,12H2,(H2,13,15,16). The Labute approximate surface area is 101 Å². The van der Waals surface area contributed by atoms with Gasteiger partial charge in [0.1, 0.15) is 0 Å².